The Labute approximate surface area is 181 Å². The molecule has 1 fully saturated rings. The van der Waals surface area contributed by atoms with Gasteiger partial charge in [0, 0.05) is 32.6 Å². The van der Waals surface area contributed by atoms with E-state index >= 15 is 0 Å². The quantitative estimate of drug-likeness (QED) is 0.542. The van der Waals surface area contributed by atoms with Gasteiger partial charge in [0.05, 0.1) is 34.5 Å². The van der Waals surface area contributed by atoms with Gasteiger partial charge in [-0.3, -0.25) is 4.90 Å². The lowest BCUT2D eigenvalue weighted by Gasteiger charge is -2.34. The highest BCUT2D eigenvalue weighted by molar-refractivity contribution is 7.18. The highest BCUT2D eigenvalue weighted by Crippen LogP contribution is 2.22. The van der Waals surface area contributed by atoms with Crippen LogP contribution in [0.15, 0.2) is 54.6 Å². The van der Waals surface area contributed by atoms with E-state index in [1.165, 1.54) is 10.3 Å². The van der Waals surface area contributed by atoms with Gasteiger partial charge in [-0.2, -0.15) is 0 Å². The molecular weight excluding hydrogens is 396 g/mol. The van der Waals surface area contributed by atoms with Gasteiger partial charge in [-0.1, -0.05) is 42.5 Å². The Morgan fingerprint density at radius 2 is 1.83 bits per heavy atom. The van der Waals surface area contributed by atoms with Crippen LogP contribution in [-0.4, -0.2) is 55.3 Å². The van der Waals surface area contributed by atoms with E-state index in [9.17, 15) is 4.79 Å². The Balaban J connectivity index is 1.23. The number of ether oxygens (including phenoxy) is 1. The molecule has 1 aliphatic rings. The molecule has 0 radical (unpaired) electrons. The van der Waals surface area contributed by atoms with Crippen LogP contribution in [0.25, 0.3) is 10.2 Å². The highest BCUT2D eigenvalue weighted by Gasteiger charge is 2.22. The van der Waals surface area contributed by atoms with E-state index in [2.05, 4.69) is 38.7 Å². The van der Waals surface area contributed by atoms with Gasteiger partial charge in [0.25, 0.3) is 0 Å². The number of hydrogen-bond acceptors (Lipinski definition) is 5. The number of carbonyl (C=O) groups excluding carboxylic acids is 1. The highest BCUT2D eigenvalue weighted by atomic mass is 32.1. The molecule has 0 saturated carbocycles. The van der Waals surface area contributed by atoms with Crippen molar-refractivity contribution in [1.29, 1.82) is 0 Å². The first-order valence-corrected chi connectivity index (χ1v) is 11.3. The summed E-state index contributed by atoms with van der Waals surface area (Å²) in [7, 11) is 0. The zero-order valence-corrected chi connectivity index (χ0v) is 17.9. The predicted octanol–water partition coefficient (Wildman–Crippen LogP) is 3.60. The molecule has 1 saturated heterocycles. The average molecular weight is 425 g/mol. The summed E-state index contributed by atoms with van der Waals surface area (Å²) in [5.74, 6) is 0. The molecule has 2 aromatic carbocycles. The Hall–Kier alpha value is -2.48. The summed E-state index contributed by atoms with van der Waals surface area (Å²) >= 11 is 1.73. The van der Waals surface area contributed by atoms with Crippen molar-refractivity contribution in [2.75, 3.05) is 39.4 Å². The third-order valence-corrected chi connectivity index (χ3v) is 6.41. The Morgan fingerprint density at radius 1 is 1.07 bits per heavy atom. The van der Waals surface area contributed by atoms with Gasteiger partial charge >= 0.3 is 6.03 Å². The second kappa shape index (κ2) is 10.5. The minimum absolute atomic E-state index is 0.117. The smallest absolute Gasteiger partial charge is 0.314 e. The Bertz CT molecular complexity index is 908. The van der Waals surface area contributed by atoms with E-state index in [0.717, 1.165) is 49.7 Å². The second-order valence-electron chi connectivity index (χ2n) is 7.39. The molecule has 0 spiro atoms. The van der Waals surface area contributed by atoms with E-state index in [0.29, 0.717) is 13.1 Å². The number of fused-ring (bicyclic) bond motifs is 1. The second-order valence-corrected chi connectivity index (χ2v) is 8.51. The van der Waals surface area contributed by atoms with Crippen molar-refractivity contribution in [2.24, 2.45) is 0 Å². The number of hydrogen-bond donors (Lipinski definition) is 2. The summed E-state index contributed by atoms with van der Waals surface area (Å²) in [6, 6.07) is 18.6. The fraction of sp³-hybridized carbons (Fsp3) is 0.391. The standard InChI is InChI=1S/C23H28N4O2S/c28-23(24-12-6-11-22-26-19-9-4-5-10-21(19)30-22)25-17-20(18-7-2-1-3-8-18)27-13-15-29-16-14-27/h1-5,7-10,20H,6,11-17H2,(H2,24,25,28). The maximum atomic E-state index is 12.3. The fourth-order valence-electron chi connectivity index (χ4n) is 3.74. The zero-order valence-electron chi connectivity index (χ0n) is 17.0. The van der Waals surface area contributed by atoms with Crippen LogP contribution < -0.4 is 10.6 Å². The molecule has 1 aromatic heterocycles. The minimum Gasteiger partial charge on any atom is -0.379 e. The summed E-state index contributed by atoms with van der Waals surface area (Å²) in [6.45, 7) is 4.45. The Kier molecular flexibility index (Phi) is 7.29. The number of aromatic nitrogens is 1. The molecule has 0 aliphatic carbocycles. The van der Waals surface area contributed by atoms with Crippen molar-refractivity contribution in [1.82, 2.24) is 20.5 Å². The van der Waals surface area contributed by atoms with Crippen molar-refractivity contribution in [3.8, 4) is 0 Å². The lowest BCUT2D eigenvalue weighted by atomic mass is 10.0. The van der Waals surface area contributed by atoms with Crippen molar-refractivity contribution >= 4 is 27.6 Å². The number of rotatable bonds is 8. The van der Waals surface area contributed by atoms with Gasteiger partial charge in [0.2, 0.25) is 0 Å². The summed E-state index contributed by atoms with van der Waals surface area (Å²) in [4.78, 5) is 19.4. The van der Waals surface area contributed by atoms with Gasteiger partial charge in [-0.25, -0.2) is 9.78 Å². The average Bonchev–Trinajstić information content (AvgIpc) is 3.21. The van der Waals surface area contributed by atoms with E-state index in [1.54, 1.807) is 11.3 Å². The van der Waals surface area contributed by atoms with E-state index in [-0.39, 0.29) is 12.1 Å². The number of para-hydroxylation sites is 1. The molecular formula is C23H28N4O2S. The molecule has 0 bridgehead atoms. The maximum absolute atomic E-state index is 12.3. The van der Waals surface area contributed by atoms with Gasteiger partial charge < -0.3 is 15.4 Å². The van der Waals surface area contributed by atoms with Crippen molar-refractivity contribution in [3.63, 3.8) is 0 Å². The van der Waals surface area contributed by atoms with Crippen LogP contribution >= 0.6 is 11.3 Å². The monoisotopic (exact) mass is 424 g/mol. The molecule has 1 atom stereocenters. The summed E-state index contributed by atoms with van der Waals surface area (Å²) < 4.78 is 6.70. The van der Waals surface area contributed by atoms with Crippen LogP contribution in [0, 0.1) is 0 Å². The van der Waals surface area contributed by atoms with Crippen molar-refractivity contribution < 1.29 is 9.53 Å². The third-order valence-electron chi connectivity index (χ3n) is 5.32. The first kappa shape index (κ1) is 20.8. The number of carbonyl (C=O) groups is 1. The lowest BCUT2D eigenvalue weighted by molar-refractivity contribution is 0.0167. The molecule has 2 heterocycles. The number of morpholine rings is 1. The number of benzene rings is 2. The van der Waals surface area contributed by atoms with E-state index in [4.69, 9.17) is 4.74 Å². The van der Waals surface area contributed by atoms with Crippen molar-refractivity contribution in [3.05, 3.63) is 65.2 Å². The van der Waals surface area contributed by atoms with Gasteiger partial charge in [-0.15, -0.1) is 11.3 Å². The molecule has 7 heteroatoms. The van der Waals surface area contributed by atoms with Crippen LogP contribution in [0.2, 0.25) is 0 Å². The van der Waals surface area contributed by atoms with Crippen LogP contribution in [0.5, 0.6) is 0 Å². The Morgan fingerprint density at radius 3 is 2.63 bits per heavy atom. The number of thiazole rings is 1. The lowest BCUT2D eigenvalue weighted by Crippen LogP contribution is -2.45. The molecule has 4 rings (SSSR count). The van der Waals surface area contributed by atoms with Crippen LogP contribution in [0.3, 0.4) is 0 Å². The number of aryl methyl sites for hydroxylation is 1. The molecule has 1 aliphatic heterocycles. The van der Waals surface area contributed by atoms with Crippen LogP contribution in [-0.2, 0) is 11.2 Å². The summed E-state index contributed by atoms with van der Waals surface area (Å²) in [6.07, 6.45) is 1.75. The van der Waals surface area contributed by atoms with Crippen molar-refractivity contribution in [2.45, 2.75) is 18.9 Å². The predicted molar refractivity (Wildman–Crippen MR) is 121 cm³/mol. The van der Waals surface area contributed by atoms with Gasteiger partial charge in [-0.05, 0) is 24.1 Å². The molecule has 30 heavy (non-hydrogen) atoms. The first-order valence-electron chi connectivity index (χ1n) is 10.5. The number of amides is 2. The molecule has 1 unspecified atom stereocenters. The minimum atomic E-state index is -0.117. The SMILES string of the molecule is O=C(NCCCc1nc2ccccc2s1)NCC(c1ccccc1)N1CCOCC1. The third kappa shape index (κ3) is 5.56. The maximum Gasteiger partial charge on any atom is 0.314 e. The first-order chi connectivity index (χ1) is 14.8. The van der Waals surface area contributed by atoms with Gasteiger partial charge in [0.1, 0.15) is 0 Å². The zero-order chi connectivity index (χ0) is 20.6. The summed E-state index contributed by atoms with van der Waals surface area (Å²) in [5.41, 5.74) is 2.27. The topological polar surface area (TPSA) is 66.5 Å². The van der Waals surface area contributed by atoms with E-state index in [1.807, 2.05) is 36.4 Å². The molecule has 158 valence electrons. The number of nitrogens with zero attached hydrogens (tertiary/aromatic N) is 2. The molecule has 2 N–H and O–H groups in total. The molecule has 6 nitrogen and oxygen atoms in total. The number of urea groups is 1. The largest absolute Gasteiger partial charge is 0.379 e. The van der Waals surface area contributed by atoms with E-state index < -0.39 is 0 Å². The molecule has 2 amide bonds. The van der Waals surface area contributed by atoms with Crippen LogP contribution in [0.4, 0.5) is 4.79 Å². The fourth-order valence-corrected chi connectivity index (χ4v) is 4.75. The van der Waals surface area contributed by atoms with Crippen LogP contribution in [0.1, 0.15) is 23.0 Å². The molecule has 3 aromatic rings. The summed E-state index contributed by atoms with van der Waals surface area (Å²) in [5, 5.41) is 7.15. The van der Waals surface area contributed by atoms with Gasteiger partial charge in [0.15, 0.2) is 0 Å². The normalized spacial score (nSPS) is 15.7. The number of nitrogens with one attached hydrogen (secondary N) is 2.